The Hall–Kier alpha value is -3.60. The molecule has 4 aromatic carbocycles. The maximum Gasteiger partial charge on any atom is 0.102 e. The third-order valence-electron chi connectivity index (χ3n) is 15.4. The zero-order valence-electron chi connectivity index (χ0n) is 44.1. The summed E-state index contributed by atoms with van der Waals surface area (Å²) in [7, 11) is 0. The predicted octanol–water partition coefficient (Wildman–Crippen LogP) is 7.25. The van der Waals surface area contributed by atoms with Crippen molar-refractivity contribution >= 4 is 0 Å². The van der Waals surface area contributed by atoms with E-state index in [1.165, 1.54) is 25.7 Å². The first-order chi connectivity index (χ1) is 34.9. The van der Waals surface area contributed by atoms with Crippen LogP contribution in [0.1, 0.15) is 152 Å². The molecule has 12 N–H and O–H groups in total. The first-order valence-electron chi connectivity index (χ1n) is 27.6. The molecule has 6 saturated heterocycles. The summed E-state index contributed by atoms with van der Waals surface area (Å²) in [4.78, 5) is 0. The lowest BCUT2D eigenvalue weighted by molar-refractivity contribution is 0.0215. The molecule has 0 bridgehead atoms. The van der Waals surface area contributed by atoms with E-state index in [1.807, 2.05) is 149 Å². The van der Waals surface area contributed by atoms with Crippen molar-refractivity contribution < 1.29 is 30.6 Å². The topological polar surface area (TPSA) is 194 Å². The van der Waals surface area contributed by atoms with Crippen LogP contribution in [0.5, 0.6) is 0 Å². The summed E-state index contributed by atoms with van der Waals surface area (Å²) in [6, 6.07) is 41.2. The van der Waals surface area contributed by atoms with Gasteiger partial charge in [0.1, 0.15) is 11.2 Å². The van der Waals surface area contributed by atoms with E-state index < -0.39 is 11.2 Å². The molecule has 6 aliphatic heterocycles. The Morgan fingerprint density at radius 2 is 0.653 bits per heavy atom. The Morgan fingerprint density at radius 1 is 0.389 bits per heavy atom. The highest BCUT2D eigenvalue weighted by Crippen LogP contribution is 2.30. The fourth-order valence-electron chi connectivity index (χ4n) is 10.7. The average molecular weight is 995 g/mol. The molecule has 12 heteroatoms. The average Bonchev–Trinajstić information content (AvgIpc) is 4.29. The maximum absolute atomic E-state index is 10.4. The number of hydrogen-bond donors (Lipinski definition) is 12. The summed E-state index contributed by atoms with van der Waals surface area (Å²) in [5.41, 5.74) is 2.55. The van der Waals surface area contributed by atoms with Gasteiger partial charge in [-0.2, -0.15) is 0 Å². The van der Waals surface area contributed by atoms with Crippen molar-refractivity contribution in [2.24, 2.45) is 0 Å². The number of nitrogens with one attached hydrogen (secondary N) is 6. The normalized spacial score (nSPS) is 26.6. The number of rotatable bonds is 12. The van der Waals surface area contributed by atoms with Gasteiger partial charge in [-0.25, -0.2) is 0 Å². The Labute approximate surface area is 433 Å². The molecule has 72 heavy (non-hydrogen) atoms. The van der Waals surface area contributed by atoms with Gasteiger partial charge in [0.05, 0.1) is 24.4 Å². The smallest absolute Gasteiger partial charge is 0.102 e. The summed E-state index contributed by atoms with van der Waals surface area (Å²) >= 11 is 0. The first kappa shape index (κ1) is 59.3. The molecule has 0 radical (unpaired) electrons. The second-order valence-electron chi connectivity index (χ2n) is 20.8. The molecule has 12 atom stereocenters. The van der Waals surface area contributed by atoms with Gasteiger partial charge in [0, 0.05) is 36.3 Å². The molecule has 6 aliphatic rings. The number of aliphatic hydroxyl groups is 6. The molecule has 3 unspecified atom stereocenters. The molecule has 6 heterocycles. The SMILES string of the molecule is CCC(O)[C@@H]1CCCN1.CC[C@H](O)[C@H]1CCCN1.C[C@@](O)(c1ccccc1)C1CCCN1.C[C@](O)(c1ccccc1)[C@H]1CCCN1.O[C@@H](c1ccccc1)[C@H]1CCCN1.O[C@H](c1ccccc1)C1CCCN1. The fourth-order valence-corrected chi connectivity index (χ4v) is 10.7. The second-order valence-corrected chi connectivity index (χ2v) is 20.8. The summed E-state index contributed by atoms with van der Waals surface area (Å²) in [6.07, 6.45) is 14.5. The van der Waals surface area contributed by atoms with Gasteiger partial charge in [-0.3, -0.25) is 0 Å². The van der Waals surface area contributed by atoms with Crippen LogP contribution in [0.3, 0.4) is 0 Å². The quantitative estimate of drug-likeness (QED) is 0.0682. The lowest BCUT2D eigenvalue weighted by atomic mass is 9.87. The van der Waals surface area contributed by atoms with Crippen LogP contribution in [0.25, 0.3) is 0 Å². The van der Waals surface area contributed by atoms with Gasteiger partial charge in [-0.15, -0.1) is 0 Å². The zero-order chi connectivity index (χ0) is 51.6. The zero-order valence-corrected chi connectivity index (χ0v) is 44.1. The highest BCUT2D eigenvalue weighted by Gasteiger charge is 2.36. The predicted molar refractivity (Wildman–Crippen MR) is 294 cm³/mol. The highest BCUT2D eigenvalue weighted by atomic mass is 16.3. The molecule has 0 saturated carbocycles. The maximum atomic E-state index is 10.4. The van der Waals surface area contributed by atoms with E-state index in [1.54, 1.807) is 0 Å². The van der Waals surface area contributed by atoms with Crippen molar-refractivity contribution in [2.45, 2.75) is 189 Å². The van der Waals surface area contributed by atoms with Gasteiger partial charge in [0.2, 0.25) is 0 Å². The summed E-state index contributed by atoms with van der Waals surface area (Å²) < 4.78 is 0. The van der Waals surface area contributed by atoms with Crippen LogP contribution in [0.2, 0.25) is 0 Å². The van der Waals surface area contributed by atoms with Crippen molar-refractivity contribution in [1.82, 2.24) is 31.9 Å². The lowest BCUT2D eigenvalue weighted by Crippen LogP contribution is -2.42. The summed E-state index contributed by atoms with van der Waals surface area (Å²) in [5.74, 6) is 0. The van der Waals surface area contributed by atoms with Gasteiger partial charge in [-0.05, 0) is 165 Å². The highest BCUT2D eigenvalue weighted by molar-refractivity contribution is 5.25. The molecular formula is C60H94N6O6. The van der Waals surface area contributed by atoms with E-state index in [9.17, 15) is 30.6 Å². The molecular weight excluding hydrogens is 901 g/mol. The van der Waals surface area contributed by atoms with Gasteiger partial charge in [-0.1, -0.05) is 135 Å². The monoisotopic (exact) mass is 995 g/mol. The van der Waals surface area contributed by atoms with E-state index in [2.05, 4.69) is 31.9 Å². The largest absolute Gasteiger partial charge is 0.392 e. The van der Waals surface area contributed by atoms with Gasteiger partial charge in [0.25, 0.3) is 0 Å². The van der Waals surface area contributed by atoms with Crippen LogP contribution in [0, 0.1) is 0 Å². The van der Waals surface area contributed by atoms with Crippen molar-refractivity contribution in [3.8, 4) is 0 Å². The third-order valence-corrected chi connectivity index (χ3v) is 15.4. The summed E-state index contributed by atoms with van der Waals surface area (Å²) in [6.45, 7) is 14.1. The lowest BCUT2D eigenvalue weighted by Gasteiger charge is -2.30. The molecule has 4 aromatic rings. The second kappa shape index (κ2) is 32.0. The minimum atomic E-state index is -0.738. The minimum absolute atomic E-state index is 0.118. The number of hydrogen-bond acceptors (Lipinski definition) is 12. The minimum Gasteiger partial charge on any atom is -0.392 e. The van der Waals surface area contributed by atoms with E-state index in [4.69, 9.17) is 0 Å². The molecule has 0 aliphatic carbocycles. The van der Waals surface area contributed by atoms with Crippen molar-refractivity contribution in [2.75, 3.05) is 39.3 Å². The van der Waals surface area contributed by atoms with Crippen molar-refractivity contribution in [3.63, 3.8) is 0 Å². The Balaban J connectivity index is 0.000000162. The molecule has 0 amide bonds. The summed E-state index contributed by atoms with van der Waals surface area (Å²) in [5, 5.41) is 79.2. The van der Waals surface area contributed by atoms with Gasteiger partial charge >= 0.3 is 0 Å². The molecule has 12 nitrogen and oxygen atoms in total. The van der Waals surface area contributed by atoms with Crippen LogP contribution in [0.4, 0.5) is 0 Å². The van der Waals surface area contributed by atoms with E-state index in [0.29, 0.717) is 12.1 Å². The van der Waals surface area contributed by atoms with E-state index in [0.717, 1.165) is 126 Å². The Morgan fingerprint density at radius 3 is 0.903 bits per heavy atom. The number of benzene rings is 4. The van der Waals surface area contributed by atoms with Crippen LogP contribution >= 0.6 is 0 Å². The van der Waals surface area contributed by atoms with Gasteiger partial charge in [0.15, 0.2) is 0 Å². The van der Waals surface area contributed by atoms with E-state index >= 15 is 0 Å². The first-order valence-corrected chi connectivity index (χ1v) is 27.6. The molecule has 10 rings (SSSR count). The van der Waals surface area contributed by atoms with Crippen LogP contribution in [0.15, 0.2) is 121 Å². The number of aliphatic hydroxyl groups excluding tert-OH is 4. The fraction of sp³-hybridized carbons (Fsp3) is 0.600. The molecule has 400 valence electrons. The molecule has 6 fully saturated rings. The van der Waals surface area contributed by atoms with Crippen molar-refractivity contribution in [3.05, 3.63) is 144 Å². The van der Waals surface area contributed by atoms with E-state index in [-0.39, 0.29) is 48.6 Å². The third kappa shape index (κ3) is 19.0. The van der Waals surface area contributed by atoms with Crippen LogP contribution in [-0.2, 0) is 11.2 Å². The van der Waals surface area contributed by atoms with Crippen LogP contribution in [-0.4, -0.2) is 118 Å². The standard InChI is InChI=1S/2C12H17NO.2C11H15NO.2C7H15NO/c2*1-12(14,11-8-5-9-13-11)10-6-3-2-4-7-10;2*13-11(10-7-4-8-12-10)9-5-2-1-3-6-9;2*1-2-7(9)6-4-3-5-8-6/h2*2-4,6-7,11,13-14H,5,8-9H2,1H3;2*1-3,5-6,10-13H,4,7-8H2;2*6-9H,2-5H2,1H3/t11?,12-;11-,12+;10?,11-;10-,11+;6-,7?;6-,7+/m111101/s1. The van der Waals surface area contributed by atoms with Crippen molar-refractivity contribution in [1.29, 1.82) is 0 Å². The Kier molecular flexibility index (Phi) is 26.3. The van der Waals surface area contributed by atoms with Gasteiger partial charge < -0.3 is 62.5 Å². The molecule has 0 aromatic heterocycles. The Bertz CT molecular complexity index is 1810. The van der Waals surface area contributed by atoms with Crippen LogP contribution < -0.4 is 31.9 Å². The molecule has 0 spiro atoms.